The molecule has 0 aliphatic rings. The normalized spacial score (nSPS) is 11.3. The summed E-state index contributed by atoms with van der Waals surface area (Å²) in [5.41, 5.74) is 1.92. The van der Waals surface area contributed by atoms with Crippen LogP contribution in [0.25, 0.3) is 10.2 Å². The van der Waals surface area contributed by atoms with Crippen molar-refractivity contribution in [2.75, 3.05) is 7.11 Å². The molecule has 20 heavy (non-hydrogen) atoms. The Labute approximate surface area is 125 Å². The van der Waals surface area contributed by atoms with Crippen LogP contribution < -0.4 is 4.74 Å². The Morgan fingerprint density at radius 2 is 2.00 bits per heavy atom. The van der Waals surface area contributed by atoms with Gasteiger partial charge in [-0.25, -0.2) is 9.98 Å². The van der Waals surface area contributed by atoms with E-state index in [4.69, 9.17) is 16.3 Å². The Balaban J connectivity index is 1.85. The minimum atomic E-state index is 0.715. The minimum absolute atomic E-state index is 0.715. The van der Waals surface area contributed by atoms with Crippen molar-refractivity contribution in [3.8, 4) is 5.75 Å². The van der Waals surface area contributed by atoms with Crippen LogP contribution in [0, 0.1) is 0 Å². The molecule has 0 atom stereocenters. The van der Waals surface area contributed by atoms with Crippen molar-refractivity contribution in [2.24, 2.45) is 4.99 Å². The van der Waals surface area contributed by atoms with Crippen molar-refractivity contribution in [2.45, 2.75) is 0 Å². The first-order valence-electron chi connectivity index (χ1n) is 5.99. The molecule has 5 heteroatoms. The fourth-order valence-corrected chi connectivity index (χ4v) is 2.85. The van der Waals surface area contributed by atoms with Gasteiger partial charge < -0.3 is 4.74 Å². The summed E-state index contributed by atoms with van der Waals surface area (Å²) in [6, 6.07) is 13.3. The smallest absolute Gasteiger partial charge is 0.210 e. The molecule has 0 bridgehead atoms. The number of aromatic nitrogens is 1. The zero-order chi connectivity index (χ0) is 13.9. The number of hydrogen-bond acceptors (Lipinski definition) is 4. The lowest BCUT2D eigenvalue weighted by Gasteiger charge is -1.98. The molecule has 0 amide bonds. The van der Waals surface area contributed by atoms with E-state index in [-0.39, 0.29) is 0 Å². The molecule has 100 valence electrons. The third kappa shape index (κ3) is 2.81. The van der Waals surface area contributed by atoms with E-state index in [1.165, 1.54) is 11.3 Å². The summed E-state index contributed by atoms with van der Waals surface area (Å²) < 4.78 is 6.16. The molecule has 0 aliphatic heterocycles. The van der Waals surface area contributed by atoms with Crippen molar-refractivity contribution < 1.29 is 4.74 Å². The van der Waals surface area contributed by atoms with Gasteiger partial charge in [0.25, 0.3) is 0 Å². The highest BCUT2D eigenvalue weighted by molar-refractivity contribution is 7.22. The topological polar surface area (TPSA) is 34.5 Å². The van der Waals surface area contributed by atoms with Gasteiger partial charge in [-0.15, -0.1) is 0 Å². The van der Waals surface area contributed by atoms with E-state index in [2.05, 4.69) is 9.98 Å². The SMILES string of the molecule is COc1ccc(/C=N/c2nc3ccc(Cl)cc3s2)cc1. The van der Waals surface area contributed by atoms with Crippen molar-refractivity contribution >= 4 is 44.5 Å². The molecule has 0 radical (unpaired) electrons. The van der Waals surface area contributed by atoms with E-state index in [0.717, 1.165) is 26.7 Å². The highest BCUT2D eigenvalue weighted by Gasteiger charge is 2.02. The van der Waals surface area contributed by atoms with Crippen LogP contribution in [0.4, 0.5) is 5.13 Å². The van der Waals surface area contributed by atoms with Gasteiger partial charge in [-0.2, -0.15) is 0 Å². The molecule has 0 saturated heterocycles. The highest BCUT2D eigenvalue weighted by Crippen LogP contribution is 2.29. The van der Waals surface area contributed by atoms with Gasteiger partial charge in [0.15, 0.2) is 0 Å². The Morgan fingerprint density at radius 1 is 1.20 bits per heavy atom. The lowest BCUT2D eigenvalue weighted by Crippen LogP contribution is -1.84. The van der Waals surface area contributed by atoms with Crippen LogP contribution in [-0.4, -0.2) is 18.3 Å². The van der Waals surface area contributed by atoms with E-state index in [1.807, 2.05) is 42.5 Å². The number of ether oxygens (including phenoxy) is 1. The first kappa shape index (κ1) is 13.1. The van der Waals surface area contributed by atoms with E-state index < -0.39 is 0 Å². The van der Waals surface area contributed by atoms with Crippen molar-refractivity contribution in [1.82, 2.24) is 4.98 Å². The maximum absolute atomic E-state index is 5.96. The molecule has 0 fully saturated rings. The van der Waals surface area contributed by atoms with Gasteiger partial charge in [0.2, 0.25) is 5.13 Å². The first-order valence-corrected chi connectivity index (χ1v) is 7.18. The van der Waals surface area contributed by atoms with Crippen LogP contribution in [0.2, 0.25) is 5.02 Å². The number of aliphatic imine (C=N–C) groups is 1. The van der Waals surface area contributed by atoms with Crippen molar-refractivity contribution in [3.63, 3.8) is 0 Å². The molecule has 1 aromatic heterocycles. The quantitative estimate of drug-likeness (QED) is 0.657. The van der Waals surface area contributed by atoms with Gasteiger partial charge in [-0.1, -0.05) is 22.9 Å². The van der Waals surface area contributed by atoms with Crippen LogP contribution in [0.1, 0.15) is 5.56 Å². The zero-order valence-corrected chi connectivity index (χ0v) is 12.3. The van der Waals surface area contributed by atoms with Crippen molar-refractivity contribution in [1.29, 1.82) is 0 Å². The number of methoxy groups -OCH3 is 1. The molecular formula is C15H11ClN2OS. The maximum Gasteiger partial charge on any atom is 0.210 e. The molecule has 0 saturated carbocycles. The number of halogens is 1. The van der Waals surface area contributed by atoms with Gasteiger partial charge in [0.1, 0.15) is 5.75 Å². The van der Waals surface area contributed by atoms with Crippen LogP contribution in [0.3, 0.4) is 0 Å². The van der Waals surface area contributed by atoms with Gasteiger partial charge in [-0.05, 0) is 48.0 Å². The molecule has 3 rings (SSSR count). The van der Waals surface area contributed by atoms with Crippen molar-refractivity contribution in [3.05, 3.63) is 53.1 Å². The minimum Gasteiger partial charge on any atom is -0.497 e. The van der Waals surface area contributed by atoms with E-state index in [1.54, 1.807) is 13.3 Å². The average Bonchev–Trinajstić information content (AvgIpc) is 2.87. The molecular weight excluding hydrogens is 292 g/mol. The molecule has 0 N–H and O–H groups in total. The van der Waals surface area contributed by atoms with E-state index in [0.29, 0.717) is 5.02 Å². The molecule has 1 heterocycles. The van der Waals surface area contributed by atoms with Crippen LogP contribution in [0.15, 0.2) is 47.5 Å². The first-order chi connectivity index (χ1) is 9.74. The van der Waals surface area contributed by atoms with E-state index in [9.17, 15) is 0 Å². The average molecular weight is 303 g/mol. The third-order valence-electron chi connectivity index (χ3n) is 2.78. The predicted molar refractivity (Wildman–Crippen MR) is 84.9 cm³/mol. The molecule has 0 aliphatic carbocycles. The third-order valence-corrected chi connectivity index (χ3v) is 3.94. The highest BCUT2D eigenvalue weighted by atomic mass is 35.5. The lowest BCUT2D eigenvalue weighted by atomic mass is 10.2. The standard InChI is InChI=1S/C15H11ClN2OS/c1-19-12-5-2-10(3-6-12)9-17-15-18-13-7-4-11(16)8-14(13)20-15/h2-9H,1H3/b17-9+. The molecule has 3 nitrogen and oxygen atoms in total. The van der Waals surface area contributed by atoms with Crippen LogP contribution >= 0.6 is 22.9 Å². The van der Waals surface area contributed by atoms with Crippen LogP contribution in [0.5, 0.6) is 5.75 Å². The number of nitrogens with zero attached hydrogens (tertiary/aromatic N) is 2. The molecule has 3 aromatic rings. The Hall–Kier alpha value is -1.91. The van der Waals surface area contributed by atoms with Gasteiger partial charge in [0.05, 0.1) is 17.3 Å². The zero-order valence-electron chi connectivity index (χ0n) is 10.7. The summed E-state index contributed by atoms with van der Waals surface area (Å²) >= 11 is 7.48. The molecule has 0 spiro atoms. The lowest BCUT2D eigenvalue weighted by molar-refractivity contribution is 0.415. The largest absolute Gasteiger partial charge is 0.497 e. The number of hydrogen-bond donors (Lipinski definition) is 0. The summed E-state index contributed by atoms with van der Waals surface area (Å²) in [5.74, 6) is 0.830. The monoisotopic (exact) mass is 302 g/mol. The Bertz CT molecular complexity index is 765. The summed E-state index contributed by atoms with van der Waals surface area (Å²) in [7, 11) is 1.65. The van der Waals surface area contributed by atoms with Gasteiger partial charge >= 0.3 is 0 Å². The molecule has 0 unspecified atom stereocenters. The fourth-order valence-electron chi connectivity index (χ4n) is 1.76. The van der Waals surface area contributed by atoms with Gasteiger partial charge in [0, 0.05) is 11.2 Å². The molecule has 2 aromatic carbocycles. The number of rotatable bonds is 3. The second kappa shape index (κ2) is 5.61. The van der Waals surface area contributed by atoms with Crippen LogP contribution in [-0.2, 0) is 0 Å². The fraction of sp³-hybridized carbons (Fsp3) is 0.0667. The maximum atomic E-state index is 5.96. The Morgan fingerprint density at radius 3 is 2.75 bits per heavy atom. The summed E-state index contributed by atoms with van der Waals surface area (Å²) in [5, 5.41) is 1.44. The number of fused-ring (bicyclic) bond motifs is 1. The number of benzene rings is 2. The van der Waals surface area contributed by atoms with Gasteiger partial charge in [-0.3, -0.25) is 0 Å². The second-order valence-electron chi connectivity index (χ2n) is 4.14. The predicted octanol–water partition coefficient (Wildman–Crippen LogP) is 4.71. The van der Waals surface area contributed by atoms with E-state index >= 15 is 0 Å². The number of thiazole rings is 1. The summed E-state index contributed by atoms with van der Waals surface area (Å²) in [4.78, 5) is 8.84. The summed E-state index contributed by atoms with van der Waals surface area (Å²) in [6.07, 6.45) is 1.79. The Kier molecular flexibility index (Phi) is 3.67. The second-order valence-corrected chi connectivity index (χ2v) is 5.59. The summed E-state index contributed by atoms with van der Waals surface area (Å²) in [6.45, 7) is 0.